The number of ether oxygens (including phenoxy) is 1. The molecule has 154 valence electrons. The number of carbonyl (C=O) groups is 1. The van der Waals surface area contributed by atoms with E-state index in [-0.39, 0.29) is 17.9 Å². The van der Waals surface area contributed by atoms with Crippen LogP contribution in [0.5, 0.6) is 0 Å². The van der Waals surface area contributed by atoms with Crippen LogP contribution in [-0.4, -0.2) is 24.2 Å². The molecule has 1 unspecified atom stereocenters. The van der Waals surface area contributed by atoms with Crippen molar-refractivity contribution in [1.29, 1.82) is 0 Å². The third-order valence-corrected chi connectivity index (χ3v) is 5.31. The largest absolute Gasteiger partial charge is 0.510 e. The molecule has 0 amide bonds. The van der Waals surface area contributed by atoms with Gasteiger partial charge < -0.3 is 20.5 Å². The van der Waals surface area contributed by atoms with Crippen LogP contribution in [-0.2, 0) is 21.6 Å². The second-order valence-corrected chi connectivity index (χ2v) is 7.67. The number of hydrogen-bond acceptors (Lipinski definition) is 5. The minimum atomic E-state index is -0.897. The van der Waals surface area contributed by atoms with Crippen molar-refractivity contribution in [2.45, 2.75) is 45.1 Å². The van der Waals surface area contributed by atoms with Crippen LogP contribution in [0.1, 0.15) is 44.2 Å². The number of aliphatic hydroxyl groups excluding tert-OH is 1. The van der Waals surface area contributed by atoms with E-state index in [1.54, 1.807) is 0 Å². The van der Waals surface area contributed by atoms with E-state index in [1.165, 1.54) is 5.56 Å². The highest BCUT2D eigenvalue weighted by atomic mass is 16.6. The first kappa shape index (κ1) is 20.9. The van der Waals surface area contributed by atoms with E-state index in [9.17, 15) is 9.90 Å². The number of rotatable bonds is 8. The maximum atomic E-state index is 13.0. The number of para-hydroxylation sites is 1. The predicted molar refractivity (Wildman–Crippen MR) is 116 cm³/mol. The van der Waals surface area contributed by atoms with Gasteiger partial charge in [0.2, 0.25) is 0 Å². The molecule has 0 bridgehead atoms. The first-order valence-corrected chi connectivity index (χ1v) is 10.3. The second-order valence-electron chi connectivity index (χ2n) is 7.67. The minimum Gasteiger partial charge on any atom is -0.510 e. The molecule has 5 nitrogen and oxygen atoms in total. The van der Waals surface area contributed by atoms with E-state index in [1.807, 2.05) is 73.3 Å². The minimum absolute atomic E-state index is 0.0632. The number of carbonyl (C=O) groups excluding carboxylic acids is 1. The predicted octanol–water partition coefficient (Wildman–Crippen LogP) is 4.43. The molecule has 1 heterocycles. The molecule has 2 aromatic rings. The van der Waals surface area contributed by atoms with Gasteiger partial charge in [0, 0.05) is 12.2 Å². The summed E-state index contributed by atoms with van der Waals surface area (Å²) in [5.41, 5.74) is 7.85. The Kier molecular flexibility index (Phi) is 6.60. The highest BCUT2D eigenvalue weighted by Crippen LogP contribution is 2.39. The molecule has 0 spiro atoms. The monoisotopic (exact) mass is 394 g/mol. The van der Waals surface area contributed by atoms with Crippen molar-refractivity contribution in [1.82, 2.24) is 0 Å². The zero-order valence-electron chi connectivity index (χ0n) is 17.2. The lowest BCUT2D eigenvalue weighted by molar-refractivity contribution is -0.158. The molecule has 29 heavy (non-hydrogen) atoms. The first-order valence-electron chi connectivity index (χ1n) is 10.3. The molecule has 0 aliphatic carbocycles. The SMILES string of the molecule is CCCN(C1=C(O)CC(C)(c2ccc(CCCN)cc2)OC1=O)c1ccccc1. The summed E-state index contributed by atoms with van der Waals surface area (Å²) in [4.78, 5) is 14.8. The van der Waals surface area contributed by atoms with E-state index < -0.39 is 11.6 Å². The number of esters is 1. The van der Waals surface area contributed by atoms with Crippen molar-refractivity contribution in [3.63, 3.8) is 0 Å². The van der Waals surface area contributed by atoms with Gasteiger partial charge in [0.25, 0.3) is 0 Å². The van der Waals surface area contributed by atoms with Gasteiger partial charge in [-0.05, 0) is 56.0 Å². The summed E-state index contributed by atoms with van der Waals surface area (Å²) < 4.78 is 5.89. The summed E-state index contributed by atoms with van der Waals surface area (Å²) in [6, 6.07) is 17.6. The van der Waals surface area contributed by atoms with Gasteiger partial charge in [-0.3, -0.25) is 0 Å². The molecule has 1 atom stereocenters. The van der Waals surface area contributed by atoms with Crippen LogP contribution in [0, 0.1) is 0 Å². The zero-order valence-corrected chi connectivity index (χ0v) is 17.2. The molecule has 0 fully saturated rings. The molecular formula is C24H30N2O3. The Balaban J connectivity index is 1.88. The van der Waals surface area contributed by atoms with Crippen molar-refractivity contribution < 1.29 is 14.6 Å². The average Bonchev–Trinajstić information content (AvgIpc) is 2.72. The van der Waals surface area contributed by atoms with E-state index in [2.05, 4.69) is 0 Å². The lowest BCUT2D eigenvalue weighted by Crippen LogP contribution is -2.41. The number of anilines is 1. The molecule has 0 saturated carbocycles. The van der Waals surface area contributed by atoms with Gasteiger partial charge in [0.05, 0.1) is 6.42 Å². The number of nitrogens with two attached hydrogens (primary N) is 1. The normalized spacial score (nSPS) is 19.2. The lowest BCUT2D eigenvalue weighted by atomic mass is 9.88. The highest BCUT2D eigenvalue weighted by Gasteiger charge is 2.41. The summed E-state index contributed by atoms with van der Waals surface area (Å²) in [5, 5.41) is 10.9. The summed E-state index contributed by atoms with van der Waals surface area (Å²) >= 11 is 0. The van der Waals surface area contributed by atoms with Crippen LogP contribution in [0.3, 0.4) is 0 Å². The lowest BCUT2D eigenvalue weighted by Gasteiger charge is -2.37. The Morgan fingerprint density at radius 2 is 1.83 bits per heavy atom. The van der Waals surface area contributed by atoms with Crippen LogP contribution in [0.4, 0.5) is 5.69 Å². The van der Waals surface area contributed by atoms with Crippen molar-refractivity contribution in [2.75, 3.05) is 18.0 Å². The van der Waals surface area contributed by atoms with E-state index in [0.717, 1.165) is 30.5 Å². The molecular weight excluding hydrogens is 364 g/mol. The number of aryl methyl sites for hydroxylation is 1. The smallest absolute Gasteiger partial charge is 0.359 e. The number of cyclic esters (lactones) is 1. The standard InChI is InChI=1S/C24H30N2O3/c1-3-16-26(20-9-5-4-6-10-20)22-21(27)17-24(2,29-23(22)28)19-13-11-18(12-14-19)8-7-15-25/h4-6,9-14,27H,3,7-8,15-17,25H2,1-2H3. The van der Waals surface area contributed by atoms with Crippen LogP contribution >= 0.6 is 0 Å². The van der Waals surface area contributed by atoms with Gasteiger partial charge in [-0.25, -0.2) is 4.79 Å². The molecule has 2 aromatic carbocycles. The molecule has 0 radical (unpaired) electrons. The van der Waals surface area contributed by atoms with Gasteiger partial charge in [-0.1, -0.05) is 49.4 Å². The molecule has 1 aliphatic heterocycles. The molecule has 3 rings (SSSR count). The number of benzene rings is 2. The maximum absolute atomic E-state index is 13.0. The third kappa shape index (κ3) is 4.62. The van der Waals surface area contributed by atoms with E-state index >= 15 is 0 Å². The van der Waals surface area contributed by atoms with Crippen molar-refractivity contribution >= 4 is 11.7 Å². The number of nitrogens with zero attached hydrogens (tertiary/aromatic N) is 1. The van der Waals surface area contributed by atoms with Crippen molar-refractivity contribution in [3.8, 4) is 0 Å². The van der Waals surface area contributed by atoms with Crippen molar-refractivity contribution in [3.05, 3.63) is 77.2 Å². The quantitative estimate of drug-likeness (QED) is 0.648. The maximum Gasteiger partial charge on any atom is 0.359 e. The number of aliphatic hydroxyl groups is 1. The van der Waals surface area contributed by atoms with E-state index in [4.69, 9.17) is 10.5 Å². The Morgan fingerprint density at radius 3 is 2.41 bits per heavy atom. The fourth-order valence-electron chi connectivity index (χ4n) is 3.77. The Bertz CT molecular complexity index is 861. The van der Waals surface area contributed by atoms with Gasteiger partial charge in [-0.2, -0.15) is 0 Å². The highest BCUT2D eigenvalue weighted by molar-refractivity contribution is 5.94. The first-order chi connectivity index (χ1) is 14.0. The Hall–Kier alpha value is -2.79. The van der Waals surface area contributed by atoms with Crippen LogP contribution in [0.2, 0.25) is 0 Å². The van der Waals surface area contributed by atoms with E-state index in [0.29, 0.717) is 13.1 Å². The Morgan fingerprint density at radius 1 is 1.14 bits per heavy atom. The van der Waals surface area contributed by atoms with Gasteiger partial charge in [0.1, 0.15) is 11.4 Å². The molecule has 5 heteroatoms. The van der Waals surface area contributed by atoms with Crippen LogP contribution < -0.4 is 10.6 Å². The second kappa shape index (κ2) is 9.14. The summed E-state index contributed by atoms with van der Waals surface area (Å²) in [6.45, 7) is 5.16. The van der Waals surface area contributed by atoms with Crippen LogP contribution in [0.15, 0.2) is 66.1 Å². The van der Waals surface area contributed by atoms with Gasteiger partial charge in [0.15, 0.2) is 5.70 Å². The fraction of sp³-hybridized carbons (Fsp3) is 0.375. The van der Waals surface area contributed by atoms with Crippen LogP contribution in [0.25, 0.3) is 0 Å². The third-order valence-electron chi connectivity index (χ3n) is 5.31. The molecule has 0 saturated heterocycles. The average molecular weight is 395 g/mol. The number of hydrogen-bond donors (Lipinski definition) is 2. The summed E-state index contributed by atoms with van der Waals surface area (Å²) in [5.74, 6) is -0.436. The fourth-order valence-corrected chi connectivity index (χ4v) is 3.77. The zero-order chi connectivity index (χ0) is 20.9. The van der Waals surface area contributed by atoms with Gasteiger partial charge in [-0.15, -0.1) is 0 Å². The molecule has 0 aromatic heterocycles. The molecule has 1 aliphatic rings. The van der Waals surface area contributed by atoms with Gasteiger partial charge >= 0.3 is 5.97 Å². The molecule has 3 N–H and O–H groups in total. The van der Waals surface area contributed by atoms with Crippen molar-refractivity contribution in [2.24, 2.45) is 5.73 Å². The summed E-state index contributed by atoms with van der Waals surface area (Å²) in [7, 11) is 0. The Labute approximate surface area is 172 Å². The summed E-state index contributed by atoms with van der Waals surface area (Å²) in [6.07, 6.45) is 2.93. The topological polar surface area (TPSA) is 75.8 Å².